The van der Waals surface area contributed by atoms with Crippen molar-refractivity contribution in [1.29, 1.82) is 0 Å². The first kappa shape index (κ1) is 7.69. The highest BCUT2D eigenvalue weighted by Gasteiger charge is 1.95. The Labute approximate surface area is 57.1 Å². The van der Waals surface area contributed by atoms with E-state index in [0.717, 1.165) is 0 Å². The van der Waals surface area contributed by atoms with Crippen LogP contribution >= 0.6 is 15.9 Å². The van der Waals surface area contributed by atoms with Gasteiger partial charge in [0.15, 0.2) is 0 Å². The lowest BCUT2D eigenvalue weighted by Crippen LogP contribution is -2.17. The van der Waals surface area contributed by atoms with Crippen molar-refractivity contribution in [1.82, 2.24) is 5.32 Å². The maximum Gasteiger partial charge on any atom is 0.247 e. The molecule has 8 heavy (non-hydrogen) atoms. The van der Waals surface area contributed by atoms with Gasteiger partial charge in [-0.3, -0.25) is 4.79 Å². The lowest BCUT2D eigenvalue weighted by molar-refractivity contribution is -0.116. The molecule has 0 saturated carbocycles. The number of likely N-dealkylation sites (N-methyl/N-ethyl adjacent to an activating group) is 1. The molecule has 0 radical (unpaired) electrons. The Morgan fingerprint density at radius 3 is 2.38 bits per heavy atom. The summed E-state index contributed by atoms with van der Waals surface area (Å²) < 4.78 is 0. The highest BCUT2D eigenvalue weighted by molar-refractivity contribution is 9.11. The van der Waals surface area contributed by atoms with E-state index in [1.54, 1.807) is 19.0 Å². The van der Waals surface area contributed by atoms with Crippen LogP contribution in [0.4, 0.5) is 0 Å². The molecule has 0 unspecified atom stereocenters. The van der Waals surface area contributed by atoms with Crippen molar-refractivity contribution in [2.45, 2.75) is 6.92 Å². The van der Waals surface area contributed by atoms with Crippen molar-refractivity contribution in [3.05, 3.63) is 10.6 Å². The van der Waals surface area contributed by atoms with E-state index in [-0.39, 0.29) is 5.91 Å². The second-order valence-corrected chi connectivity index (χ2v) is 1.83. The molecule has 0 atom stereocenters. The highest BCUT2D eigenvalue weighted by atomic mass is 79.9. The Hall–Kier alpha value is -0.310. The van der Waals surface area contributed by atoms with Crippen LogP contribution < -0.4 is 5.32 Å². The molecule has 3 heteroatoms. The first-order chi connectivity index (χ1) is 3.72. The molecule has 0 bridgehead atoms. The van der Waals surface area contributed by atoms with E-state index in [2.05, 4.69) is 21.2 Å². The van der Waals surface area contributed by atoms with E-state index in [0.29, 0.717) is 5.57 Å². The second kappa shape index (κ2) is 3.66. The van der Waals surface area contributed by atoms with Gasteiger partial charge in [-0.2, -0.15) is 0 Å². The number of carbonyl (C=O) groups excluding carboxylic acids is 1. The summed E-state index contributed by atoms with van der Waals surface area (Å²) in [6.07, 6.45) is 0. The van der Waals surface area contributed by atoms with E-state index >= 15 is 0 Å². The molecular weight excluding hydrogens is 170 g/mol. The van der Waals surface area contributed by atoms with Gasteiger partial charge in [-0.1, -0.05) is 15.9 Å². The van der Waals surface area contributed by atoms with Crippen LogP contribution in [0.2, 0.25) is 0 Å². The van der Waals surface area contributed by atoms with E-state index in [4.69, 9.17) is 0 Å². The molecule has 0 aliphatic carbocycles. The maximum absolute atomic E-state index is 10.5. The third kappa shape index (κ3) is 2.12. The average Bonchev–Trinajstić information content (AvgIpc) is 1.84. The minimum Gasteiger partial charge on any atom is -0.355 e. The Balaban J connectivity index is 3.83. The number of carbonyl (C=O) groups is 1. The van der Waals surface area contributed by atoms with E-state index in [9.17, 15) is 4.79 Å². The number of nitrogens with one attached hydrogen (secondary N) is 1. The topological polar surface area (TPSA) is 29.1 Å². The summed E-state index contributed by atoms with van der Waals surface area (Å²) in [6.45, 7) is 1.73. The molecule has 0 aliphatic rings. The van der Waals surface area contributed by atoms with Crippen LogP contribution in [0, 0.1) is 0 Å². The van der Waals surface area contributed by atoms with Crippen molar-refractivity contribution in [3.63, 3.8) is 0 Å². The van der Waals surface area contributed by atoms with Crippen LogP contribution in [0.3, 0.4) is 0 Å². The summed E-state index contributed by atoms with van der Waals surface area (Å²) in [4.78, 5) is 12.1. The molecule has 0 heterocycles. The number of amides is 1. The summed E-state index contributed by atoms with van der Waals surface area (Å²) in [5.74, 6) is -0.0538. The third-order valence-corrected chi connectivity index (χ3v) is 1.44. The van der Waals surface area contributed by atoms with Gasteiger partial charge in [0, 0.05) is 12.6 Å². The predicted molar refractivity (Wildman–Crippen MR) is 36.8 cm³/mol. The Morgan fingerprint density at radius 1 is 1.75 bits per heavy atom. The van der Waals surface area contributed by atoms with Crippen LogP contribution in [0.25, 0.3) is 0 Å². The van der Waals surface area contributed by atoms with Gasteiger partial charge < -0.3 is 5.32 Å². The molecule has 0 aromatic heterocycles. The quantitative estimate of drug-likeness (QED) is 0.597. The molecule has 0 aliphatic heterocycles. The van der Waals surface area contributed by atoms with E-state index in [1.807, 2.05) is 0 Å². The summed E-state index contributed by atoms with van der Waals surface area (Å²) in [5, 5.41) is 2.48. The largest absolute Gasteiger partial charge is 0.355 e. The van der Waals surface area contributed by atoms with Gasteiger partial charge in [-0.25, -0.2) is 0 Å². The van der Waals surface area contributed by atoms with Crippen LogP contribution in [0.5, 0.6) is 0 Å². The van der Waals surface area contributed by atoms with Crippen molar-refractivity contribution in [2.24, 2.45) is 0 Å². The fourth-order valence-corrected chi connectivity index (χ4v) is 0.455. The van der Waals surface area contributed by atoms with Gasteiger partial charge in [0.25, 0.3) is 0 Å². The van der Waals surface area contributed by atoms with Gasteiger partial charge in [0.2, 0.25) is 5.91 Å². The molecule has 0 spiro atoms. The molecule has 0 aromatic carbocycles. The van der Waals surface area contributed by atoms with Crippen molar-refractivity contribution >= 4 is 21.8 Å². The number of rotatable bonds is 1. The first-order valence-electron chi connectivity index (χ1n) is 2.21. The number of hydrogen-bond donors (Lipinski definition) is 1. The second-order valence-electron chi connectivity index (χ2n) is 1.37. The molecule has 46 valence electrons. The van der Waals surface area contributed by atoms with Crippen molar-refractivity contribution < 1.29 is 4.79 Å². The predicted octanol–water partition coefficient (Wildman–Crippen LogP) is 1.03. The molecule has 0 fully saturated rings. The zero-order valence-electron chi connectivity index (χ0n) is 4.86. The summed E-state index contributed by atoms with van der Waals surface area (Å²) in [6, 6.07) is 0. The fourth-order valence-electron chi connectivity index (χ4n) is 0.247. The Kier molecular flexibility index (Phi) is 3.52. The SMILES string of the molecule is CNC(=O)/C(C)=C\Br. The molecule has 2 nitrogen and oxygen atoms in total. The molecule has 1 N–H and O–H groups in total. The van der Waals surface area contributed by atoms with Gasteiger partial charge in [-0.05, 0) is 11.9 Å². The normalized spacial score (nSPS) is 11.1. The third-order valence-electron chi connectivity index (χ3n) is 0.749. The standard InChI is InChI=1S/C5H8BrNO/c1-4(3-6)5(8)7-2/h3H,1-2H3,(H,7,8)/b4-3-. The van der Waals surface area contributed by atoms with Gasteiger partial charge in [0.1, 0.15) is 0 Å². The zero-order chi connectivity index (χ0) is 6.57. The fraction of sp³-hybridized carbons (Fsp3) is 0.400. The molecule has 0 rings (SSSR count). The monoisotopic (exact) mass is 177 g/mol. The number of hydrogen-bond acceptors (Lipinski definition) is 1. The Morgan fingerprint density at radius 2 is 2.25 bits per heavy atom. The summed E-state index contributed by atoms with van der Waals surface area (Å²) in [5.41, 5.74) is 0.674. The molecular formula is C5H8BrNO. The minimum absolute atomic E-state index is 0.0538. The first-order valence-corrected chi connectivity index (χ1v) is 3.13. The van der Waals surface area contributed by atoms with Crippen LogP contribution in [0.15, 0.2) is 10.6 Å². The van der Waals surface area contributed by atoms with Crippen molar-refractivity contribution in [3.8, 4) is 0 Å². The summed E-state index contributed by atoms with van der Waals surface area (Å²) in [7, 11) is 1.60. The smallest absolute Gasteiger partial charge is 0.247 e. The zero-order valence-corrected chi connectivity index (χ0v) is 6.45. The van der Waals surface area contributed by atoms with Gasteiger partial charge in [-0.15, -0.1) is 0 Å². The van der Waals surface area contributed by atoms with Crippen molar-refractivity contribution in [2.75, 3.05) is 7.05 Å². The molecule has 1 amide bonds. The molecule has 0 saturated heterocycles. The van der Waals surface area contributed by atoms with Gasteiger partial charge in [0.05, 0.1) is 0 Å². The lowest BCUT2D eigenvalue weighted by Gasteiger charge is -1.93. The minimum atomic E-state index is -0.0538. The van der Waals surface area contributed by atoms with Crippen LogP contribution in [-0.4, -0.2) is 13.0 Å². The Bertz CT molecular complexity index is 120. The average molecular weight is 178 g/mol. The number of halogens is 1. The molecule has 0 aromatic rings. The van der Waals surface area contributed by atoms with Crippen LogP contribution in [0.1, 0.15) is 6.92 Å². The van der Waals surface area contributed by atoms with E-state index in [1.165, 1.54) is 0 Å². The van der Waals surface area contributed by atoms with E-state index < -0.39 is 0 Å². The summed E-state index contributed by atoms with van der Waals surface area (Å²) >= 11 is 3.03. The van der Waals surface area contributed by atoms with Crippen LogP contribution in [-0.2, 0) is 4.79 Å². The van der Waals surface area contributed by atoms with Gasteiger partial charge >= 0.3 is 0 Å². The lowest BCUT2D eigenvalue weighted by atomic mass is 10.3. The highest BCUT2D eigenvalue weighted by Crippen LogP contribution is 1.94. The maximum atomic E-state index is 10.5.